The van der Waals surface area contributed by atoms with E-state index in [4.69, 9.17) is 0 Å². The van der Waals surface area contributed by atoms with Gasteiger partial charge in [0.05, 0.1) is 10.6 Å². The number of thioether (sulfide) groups is 1. The number of pyridine rings is 1. The lowest BCUT2D eigenvalue weighted by molar-refractivity contribution is -0.113. The van der Waals surface area contributed by atoms with Crippen molar-refractivity contribution in [2.75, 3.05) is 24.2 Å². The smallest absolute Gasteiger partial charge is 0.243 e. The Hall–Kier alpha value is -3.54. The van der Waals surface area contributed by atoms with Crippen LogP contribution in [-0.4, -0.2) is 57.2 Å². The van der Waals surface area contributed by atoms with E-state index in [1.165, 1.54) is 28.2 Å². The fraction of sp³-hybridized carbons (Fsp3) is 0.200. The van der Waals surface area contributed by atoms with Crippen LogP contribution < -0.4 is 5.32 Å². The predicted octanol–water partition coefficient (Wildman–Crippen LogP) is 4.09. The van der Waals surface area contributed by atoms with E-state index in [2.05, 4.69) is 20.5 Å². The van der Waals surface area contributed by atoms with Gasteiger partial charge in [0.15, 0.2) is 11.0 Å². The summed E-state index contributed by atoms with van der Waals surface area (Å²) in [5.74, 6) is 0.504. The molecule has 0 unspecified atom stereocenters. The fourth-order valence-corrected chi connectivity index (χ4v) is 5.82. The maximum absolute atomic E-state index is 12.7. The highest BCUT2D eigenvalue weighted by molar-refractivity contribution is 7.99. The monoisotopic (exact) mass is 522 g/mol. The molecular formula is C25H26N6O3S2. The summed E-state index contributed by atoms with van der Waals surface area (Å²) in [7, 11) is -3.55. The Morgan fingerprint density at radius 2 is 1.61 bits per heavy atom. The van der Waals surface area contributed by atoms with Crippen molar-refractivity contribution >= 4 is 33.4 Å². The molecule has 0 aliphatic rings. The van der Waals surface area contributed by atoms with Crippen molar-refractivity contribution in [1.82, 2.24) is 24.1 Å². The molecule has 1 N–H and O–H groups in total. The lowest BCUT2D eigenvalue weighted by Gasteiger charge is -2.18. The normalized spacial score (nSPS) is 11.5. The first-order valence-corrected chi connectivity index (χ1v) is 13.8. The van der Waals surface area contributed by atoms with Crippen LogP contribution in [0.4, 0.5) is 5.69 Å². The molecule has 0 aliphatic heterocycles. The standard InChI is InChI=1S/C25H26N6O3S2/c1-3-30(4-2)36(33,34)22-12-10-20(11-13-22)27-23(32)18-35-25-29-28-24(19-14-16-26-17-15-19)31(25)21-8-6-5-7-9-21/h5-17H,3-4,18H2,1-2H3,(H,27,32). The molecule has 0 bridgehead atoms. The zero-order valence-corrected chi connectivity index (χ0v) is 21.5. The van der Waals surface area contributed by atoms with Crippen LogP contribution in [0, 0.1) is 0 Å². The van der Waals surface area contributed by atoms with E-state index >= 15 is 0 Å². The number of nitrogens with zero attached hydrogens (tertiary/aromatic N) is 5. The fourth-order valence-electron chi connectivity index (χ4n) is 3.61. The molecule has 36 heavy (non-hydrogen) atoms. The van der Waals surface area contributed by atoms with E-state index in [0.29, 0.717) is 29.8 Å². The molecule has 4 rings (SSSR count). The third-order valence-electron chi connectivity index (χ3n) is 5.40. The summed E-state index contributed by atoms with van der Waals surface area (Å²) in [6.45, 7) is 4.38. The van der Waals surface area contributed by atoms with Gasteiger partial charge in [-0.3, -0.25) is 14.3 Å². The average Bonchev–Trinajstić information content (AvgIpc) is 3.33. The van der Waals surface area contributed by atoms with E-state index in [9.17, 15) is 13.2 Å². The molecule has 0 fully saturated rings. The Balaban J connectivity index is 1.48. The van der Waals surface area contributed by atoms with E-state index in [1.807, 2.05) is 47.0 Å². The summed E-state index contributed by atoms with van der Waals surface area (Å²) in [4.78, 5) is 16.9. The van der Waals surface area contributed by atoms with Gasteiger partial charge in [0, 0.05) is 42.4 Å². The lowest BCUT2D eigenvalue weighted by Crippen LogP contribution is -2.30. The molecular weight excluding hydrogens is 496 g/mol. The summed E-state index contributed by atoms with van der Waals surface area (Å²) in [5.41, 5.74) is 2.25. The molecule has 9 nitrogen and oxygen atoms in total. The van der Waals surface area contributed by atoms with Crippen molar-refractivity contribution in [3.63, 3.8) is 0 Å². The first kappa shape index (κ1) is 25.5. The van der Waals surface area contributed by atoms with Gasteiger partial charge in [0.2, 0.25) is 15.9 Å². The Bertz CT molecular complexity index is 1410. The second-order valence-electron chi connectivity index (χ2n) is 7.66. The van der Waals surface area contributed by atoms with Crippen molar-refractivity contribution in [3.8, 4) is 17.1 Å². The van der Waals surface area contributed by atoms with Crippen molar-refractivity contribution in [1.29, 1.82) is 0 Å². The maximum atomic E-state index is 12.7. The lowest BCUT2D eigenvalue weighted by atomic mass is 10.2. The summed E-state index contributed by atoms with van der Waals surface area (Å²) in [5, 5.41) is 12.1. The maximum Gasteiger partial charge on any atom is 0.243 e. The van der Waals surface area contributed by atoms with E-state index in [-0.39, 0.29) is 16.6 Å². The summed E-state index contributed by atoms with van der Waals surface area (Å²) in [6.07, 6.45) is 3.39. The van der Waals surface area contributed by atoms with Crippen molar-refractivity contribution in [2.45, 2.75) is 23.9 Å². The topological polar surface area (TPSA) is 110 Å². The zero-order valence-electron chi connectivity index (χ0n) is 19.9. The van der Waals surface area contributed by atoms with Crippen LogP contribution >= 0.6 is 11.8 Å². The molecule has 1 amide bonds. The van der Waals surface area contributed by atoms with Gasteiger partial charge < -0.3 is 5.32 Å². The first-order valence-electron chi connectivity index (χ1n) is 11.4. The number of carbonyl (C=O) groups excluding carboxylic acids is 1. The molecule has 0 saturated heterocycles. The molecule has 0 aliphatic carbocycles. The number of sulfonamides is 1. The highest BCUT2D eigenvalue weighted by Crippen LogP contribution is 2.28. The summed E-state index contributed by atoms with van der Waals surface area (Å²) >= 11 is 1.26. The Morgan fingerprint density at radius 1 is 0.944 bits per heavy atom. The van der Waals surface area contributed by atoms with Crippen LogP contribution in [0.2, 0.25) is 0 Å². The molecule has 2 aromatic heterocycles. The number of benzene rings is 2. The molecule has 11 heteroatoms. The molecule has 4 aromatic rings. The van der Waals surface area contributed by atoms with Gasteiger partial charge in [0.1, 0.15) is 0 Å². The Morgan fingerprint density at radius 3 is 2.25 bits per heavy atom. The summed E-state index contributed by atoms with van der Waals surface area (Å²) < 4.78 is 28.6. The van der Waals surface area contributed by atoms with Crippen molar-refractivity contribution < 1.29 is 13.2 Å². The highest BCUT2D eigenvalue weighted by Gasteiger charge is 2.21. The van der Waals surface area contributed by atoms with E-state index in [0.717, 1.165) is 11.3 Å². The van der Waals surface area contributed by atoms with Gasteiger partial charge in [-0.15, -0.1) is 10.2 Å². The number of para-hydroxylation sites is 1. The van der Waals surface area contributed by atoms with Gasteiger partial charge >= 0.3 is 0 Å². The third kappa shape index (κ3) is 5.64. The SMILES string of the molecule is CCN(CC)S(=O)(=O)c1ccc(NC(=O)CSc2nnc(-c3ccncc3)n2-c2ccccc2)cc1. The number of carbonyl (C=O) groups is 1. The van der Waals surface area contributed by atoms with Crippen molar-refractivity contribution in [3.05, 3.63) is 79.1 Å². The van der Waals surface area contributed by atoms with E-state index in [1.54, 1.807) is 38.4 Å². The highest BCUT2D eigenvalue weighted by atomic mass is 32.2. The average molecular weight is 523 g/mol. The van der Waals surface area contributed by atoms with Crippen LogP contribution in [0.25, 0.3) is 17.1 Å². The molecule has 0 spiro atoms. The second kappa shape index (κ2) is 11.5. The molecule has 0 radical (unpaired) electrons. The molecule has 2 aromatic carbocycles. The third-order valence-corrected chi connectivity index (χ3v) is 8.39. The molecule has 0 saturated carbocycles. The number of hydrogen-bond acceptors (Lipinski definition) is 7. The van der Waals surface area contributed by atoms with Gasteiger partial charge in [-0.2, -0.15) is 4.31 Å². The van der Waals surface area contributed by atoms with Gasteiger partial charge in [0.25, 0.3) is 0 Å². The van der Waals surface area contributed by atoms with Crippen LogP contribution in [0.3, 0.4) is 0 Å². The largest absolute Gasteiger partial charge is 0.325 e. The summed E-state index contributed by atoms with van der Waals surface area (Å²) in [6, 6.07) is 19.6. The van der Waals surface area contributed by atoms with Crippen LogP contribution in [0.5, 0.6) is 0 Å². The van der Waals surface area contributed by atoms with Gasteiger partial charge in [-0.05, 0) is 48.5 Å². The number of aromatic nitrogens is 4. The molecule has 0 atom stereocenters. The van der Waals surface area contributed by atoms with Crippen LogP contribution in [-0.2, 0) is 14.8 Å². The Kier molecular flexibility index (Phi) is 8.14. The minimum Gasteiger partial charge on any atom is -0.325 e. The minimum atomic E-state index is -3.55. The van der Waals surface area contributed by atoms with E-state index < -0.39 is 10.0 Å². The van der Waals surface area contributed by atoms with Gasteiger partial charge in [-0.25, -0.2) is 8.42 Å². The number of nitrogens with one attached hydrogen (secondary N) is 1. The number of hydrogen-bond donors (Lipinski definition) is 1. The molecule has 2 heterocycles. The van der Waals surface area contributed by atoms with Gasteiger partial charge in [-0.1, -0.05) is 43.8 Å². The van der Waals surface area contributed by atoms with Crippen LogP contribution in [0.15, 0.2) is 89.2 Å². The first-order chi connectivity index (χ1) is 17.4. The predicted molar refractivity (Wildman–Crippen MR) is 140 cm³/mol. The van der Waals surface area contributed by atoms with Crippen molar-refractivity contribution in [2.24, 2.45) is 0 Å². The molecule has 186 valence electrons. The number of rotatable bonds is 10. The minimum absolute atomic E-state index is 0.0980. The number of amides is 1. The zero-order chi connectivity index (χ0) is 25.5. The number of anilines is 1. The Labute approximate surface area is 214 Å². The van der Waals surface area contributed by atoms with Crippen LogP contribution in [0.1, 0.15) is 13.8 Å². The quantitative estimate of drug-likeness (QED) is 0.312. The second-order valence-corrected chi connectivity index (χ2v) is 10.5.